The Morgan fingerprint density at radius 1 is 1.43 bits per heavy atom. The van der Waals surface area contributed by atoms with Crippen molar-refractivity contribution < 1.29 is 4.79 Å². The third-order valence-corrected chi connectivity index (χ3v) is 4.33. The van der Waals surface area contributed by atoms with Crippen LogP contribution in [0.2, 0.25) is 0 Å². The molecule has 2 rings (SSSR count). The SMILES string of the molecule is CCCNc1cnc(C(=O)N(C)C(C)c2cccs2)cn1. The van der Waals surface area contributed by atoms with Gasteiger partial charge in [-0.3, -0.25) is 4.79 Å². The first-order chi connectivity index (χ1) is 10.1. The minimum absolute atomic E-state index is 0.0252. The molecule has 2 aromatic rings. The van der Waals surface area contributed by atoms with Gasteiger partial charge in [0.15, 0.2) is 0 Å². The van der Waals surface area contributed by atoms with Crippen LogP contribution in [-0.4, -0.2) is 34.4 Å². The Bertz CT molecular complexity index is 568. The summed E-state index contributed by atoms with van der Waals surface area (Å²) >= 11 is 1.64. The van der Waals surface area contributed by atoms with E-state index >= 15 is 0 Å². The van der Waals surface area contributed by atoms with Gasteiger partial charge in [-0.2, -0.15) is 0 Å². The number of carbonyl (C=O) groups is 1. The molecule has 0 spiro atoms. The molecule has 21 heavy (non-hydrogen) atoms. The highest BCUT2D eigenvalue weighted by Crippen LogP contribution is 2.24. The van der Waals surface area contributed by atoms with Gasteiger partial charge in [-0.05, 0) is 24.8 Å². The first kappa shape index (κ1) is 15.4. The summed E-state index contributed by atoms with van der Waals surface area (Å²) < 4.78 is 0. The highest BCUT2D eigenvalue weighted by atomic mass is 32.1. The van der Waals surface area contributed by atoms with Gasteiger partial charge in [-0.15, -0.1) is 11.3 Å². The van der Waals surface area contributed by atoms with Crippen LogP contribution < -0.4 is 5.32 Å². The molecule has 6 heteroatoms. The van der Waals surface area contributed by atoms with Crippen molar-refractivity contribution in [1.29, 1.82) is 0 Å². The first-order valence-electron chi connectivity index (χ1n) is 7.00. The highest BCUT2D eigenvalue weighted by molar-refractivity contribution is 7.10. The zero-order valence-corrected chi connectivity index (χ0v) is 13.4. The third kappa shape index (κ3) is 3.78. The topological polar surface area (TPSA) is 58.1 Å². The lowest BCUT2D eigenvalue weighted by atomic mass is 10.2. The van der Waals surface area contributed by atoms with Gasteiger partial charge >= 0.3 is 0 Å². The molecule has 1 atom stereocenters. The third-order valence-electron chi connectivity index (χ3n) is 3.28. The molecule has 1 unspecified atom stereocenters. The van der Waals surface area contributed by atoms with Gasteiger partial charge < -0.3 is 10.2 Å². The normalized spacial score (nSPS) is 12.0. The Hall–Kier alpha value is -1.95. The van der Waals surface area contributed by atoms with Crippen LogP contribution in [0.25, 0.3) is 0 Å². The van der Waals surface area contributed by atoms with Gasteiger partial charge in [0, 0.05) is 18.5 Å². The first-order valence-corrected chi connectivity index (χ1v) is 7.88. The van der Waals surface area contributed by atoms with E-state index in [1.54, 1.807) is 29.5 Å². The van der Waals surface area contributed by atoms with Gasteiger partial charge in [0.2, 0.25) is 0 Å². The van der Waals surface area contributed by atoms with Gasteiger partial charge in [-0.25, -0.2) is 9.97 Å². The average molecular weight is 304 g/mol. The van der Waals surface area contributed by atoms with Crippen molar-refractivity contribution in [3.8, 4) is 0 Å². The minimum Gasteiger partial charge on any atom is -0.369 e. The zero-order chi connectivity index (χ0) is 15.2. The van der Waals surface area contributed by atoms with Crippen LogP contribution in [0.15, 0.2) is 29.9 Å². The predicted octanol–water partition coefficient (Wildman–Crippen LogP) is 3.19. The Morgan fingerprint density at radius 2 is 2.24 bits per heavy atom. The van der Waals surface area contributed by atoms with Gasteiger partial charge in [-0.1, -0.05) is 13.0 Å². The van der Waals surface area contributed by atoms with E-state index in [9.17, 15) is 4.79 Å². The summed E-state index contributed by atoms with van der Waals surface area (Å²) in [5, 5.41) is 5.15. The van der Waals surface area contributed by atoms with Crippen molar-refractivity contribution in [2.75, 3.05) is 18.9 Å². The molecule has 0 bridgehead atoms. The molecular weight excluding hydrogens is 284 g/mol. The minimum atomic E-state index is -0.120. The summed E-state index contributed by atoms with van der Waals surface area (Å²) in [5.41, 5.74) is 0.364. The molecule has 0 fully saturated rings. The van der Waals surface area contributed by atoms with Crippen molar-refractivity contribution in [3.05, 3.63) is 40.5 Å². The van der Waals surface area contributed by atoms with Crippen LogP contribution in [0.1, 0.15) is 41.7 Å². The van der Waals surface area contributed by atoms with E-state index in [1.807, 2.05) is 24.4 Å². The summed E-state index contributed by atoms with van der Waals surface area (Å²) in [6, 6.07) is 4.04. The lowest BCUT2D eigenvalue weighted by molar-refractivity contribution is 0.0738. The fraction of sp³-hybridized carbons (Fsp3) is 0.400. The number of anilines is 1. The number of thiophene rings is 1. The summed E-state index contributed by atoms with van der Waals surface area (Å²) in [7, 11) is 1.79. The van der Waals surface area contributed by atoms with E-state index < -0.39 is 0 Å². The summed E-state index contributed by atoms with van der Waals surface area (Å²) in [6.07, 6.45) is 4.15. The fourth-order valence-electron chi connectivity index (χ4n) is 1.86. The number of nitrogens with one attached hydrogen (secondary N) is 1. The molecule has 1 amide bonds. The van der Waals surface area contributed by atoms with E-state index in [1.165, 1.54) is 6.20 Å². The molecule has 0 saturated heterocycles. The summed E-state index contributed by atoms with van der Waals surface area (Å²) in [6.45, 7) is 4.94. The van der Waals surface area contributed by atoms with E-state index in [4.69, 9.17) is 0 Å². The molecule has 0 radical (unpaired) electrons. The van der Waals surface area contributed by atoms with Crippen LogP contribution in [-0.2, 0) is 0 Å². The largest absolute Gasteiger partial charge is 0.369 e. The molecule has 0 aliphatic rings. The maximum Gasteiger partial charge on any atom is 0.274 e. The van der Waals surface area contributed by atoms with E-state index in [2.05, 4.69) is 22.2 Å². The fourth-order valence-corrected chi connectivity index (χ4v) is 2.69. The number of hydrogen-bond donors (Lipinski definition) is 1. The molecule has 0 saturated carbocycles. The van der Waals surface area contributed by atoms with E-state index in [0.29, 0.717) is 11.5 Å². The molecule has 0 aliphatic heterocycles. The lowest BCUT2D eigenvalue weighted by Gasteiger charge is -2.23. The maximum atomic E-state index is 12.4. The summed E-state index contributed by atoms with van der Waals surface area (Å²) in [5.74, 6) is 0.577. The van der Waals surface area contributed by atoms with Gasteiger partial charge in [0.05, 0.1) is 18.4 Å². The van der Waals surface area contributed by atoms with Gasteiger partial charge in [0.1, 0.15) is 11.5 Å². The van der Waals surface area contributed by atoms with Crippen LogP contribution in [0.3, 0.4) is 0 Å². The molecule has 0 aromatic carbocycles. The molecule has 112 valence electrons. The number of nitrogens with zero attached hydrogens (tertiary/aromatic N) is 3. The van der Waals surface area contributed by atoms with E-state index in [0.717, 1.165) is 17.8 Å². The number of carbonyl (C=O) groups excluding carboxylic acids is 1. The monoisotopic (exact) mass is 304 g/mol. The molecule has 2 heterocycles. The Balaban J connectivity index is 2.05. The van der Waals surface area contributed by atoms with Crippen LogP contribution in [0.4, 0.5) is 5.82 Å². The second-order valence-corrected chi connectivity index (χ2v) is 5.80. The number of amides is 1. The zero-order valence-electron chi connectivity index (χ0n) is 12.5. The molecule has 1 N–H and O–H groups in total. The lowest BCUT2D eigenvalue weighted by Crippen LogP contribution is -2.30. The second kappa shape index (κ2) is 7.17. The van der Waals surface area contributed by atoms with Crippen LogP contribution >= 0.6 is 11.3 Å². The van der Waals surface area contributed by atoms with Crippen molar-refractivity contribution in [2.45, 2.75) is 26.3 Å². The smallest absolute Gasteiger partial charge is 0.274 e. The molecule has 5 nitrogen and oxygen atoms in total. The Labute approximate surface area is 129 Å². The van der Waals surface area contributed by atoms with Crippen LogP contribution in [0.5, 0.6) is 0 Å². The van der Waals surface area contributed by atoms with Crippen molar-refractivity contribution >= 4 is 23.1 Å². The van der Waals surface area contributed by atoms with E-state index in [-0.39, 0.29) is 11.9 Å². The molecular formula is C15H20N4OS. The van der Waals surface area contributed by atoms with Crippen molar-refractivity contribution in [3.63, 3.8) is 0 Å². The Morgan fingerprint density at radius 3 is 2.81 bits per heavy atom. The van der Waals surface area contributed by atoms with Crippen LogP contribution in [0, 0.1) is 0 Å². The second-order valence-electron chi connectivity index (χ2n) is 4.82. The standard InChI is InChI=1S/C15H20N4OS/c1-4-7-16-14-10-17-12(9-18-14)15(20)19(3)11(2)13-6-5-8-21-13/h5-6,8-11H,4,7H2,1-3H3,(H,16,18). The van der Waals surface area contributed by atoms with Crippen molar-refractivity contribution in [2.24, 2.45) is 0 Å². The Kier molecular flexibility index (Phi) is 5.27. The molecule has 0 aliphatic carbocycles. The number of rotatable bonds is 6. The highest BCUT2D eigenvalue weighted by Gasteiger charge is 2.20. The summed E-state index contributed by atoms with van der Waals surface area (Å²) in [4.78, 5) is 23.7. The maximum absolute atomic E-state index is 12.4. The average Bonchev–Trinajstić information content (AvgIpc) is 3.05. The quantitative estimate of drug-likeness (QED) is 0.890. The van der Waals surface area contributed by atoms with Crippen molar-refractivity contribution in [1.82, 2.24) is 14.9 Å². The molecule has 2 aromatic heterocycles. The number of hydrogen-bond acceptors (Lipinski definition) is 5. The van der Waals surface area contributed by atoms with Gasteiger partial charge in [0.25, 0.3) is 5.91 Å². The number of aromatic nitrogens is 2. The predicted molar refractivity (Wildman–Crippen MR) is 85.6 cm³/mol.